The van der Waals surface area contributed by atoms with E-state index in [0.717, 1.165) is 10.9 Å². The van der Waals surface area contributed by atoms with E-state index in [9.17, 15) is 0 Å². The molecule has 1 fully saturated rings. The van der Waals surface area contributed by atoms with Crippen molar-refractivity contribution in [2.24, 2.45) is 5.92 Å². The van der Waals surface area contributed by atoms with E-state index in [2.05, 4.69) is 46.8 Å². The Morgan fingerprint density at radius 3 is 1.88 bits per heavy atom. The summed E-state index contributed by atoms with van der Waals surface area (Å²) in [6.07, 6.45) is 0. The van der Waals surface area contributed by atoms with Crippen LogP contribution in [0.1, 0.15) is 34.6 Å². The van der Waals surface area contributed by atoms with Crippen LogP contribution in [0, 0.1) is 5.92 Å². The van der Waals surface area contributed by atoms with Crippen LogP contribution in [-0.4, -0.2) is 10.3 Å². The summed E-state index contributed by atoms with van der Waals surface area (Å²) in [5.74, 6) is 0.779. The van der Waals surface area contributed by atoms with E-state index >= 15 is 0 Å². The molecule has 0 nitrogen and oxygen atoms in total. The lowest BCUT2D eigenvalue weighted by molar-refractivity contribution is 0.308. The topological polar surface area (TPSA) is 0 Å². The minimum absolute atomic E-state index is 0.0898. The zero-order chi connectivity index (χ0) is 12.1. The van der Waals surface area contributed by atoms with E-state index in [1.54, 1.807) is 0 Å². The SMILES string of the molecule is CC1C(C)(C)P(c2ccc(Cl)cc2)C1(C)C. The molecule has 16 heavy (non-hydrogen) atoms. The second-order valence-electron chi connectivity index (χ2n) is 5.84. The Kier molecular flexibility index (Phi) is 2.88. The Morgan fingerprint density at radius 1 is 1.00 bits per heavy atom. The van der Waals surface area contributed by atoms with Crippen molar-refractivity contribution in [3.63, 3.8) is 0 Å². The van der Waals surface area contributed by atoms with Gasteiger partial charge in [0, 0.05) is 5.02 Å². The van der Waals surface area contributed by atoms with Gasteiger partial charge in [-0.05, 0) is 33.7 Å². The van der Waals surface area contributed by atoms with Crippen LogP contribution in [0.25, 0.3) is 0 Å². The maximum atomic E-state index is 5.96. The molecule has 0 N–H and O–H groups in total. The number of hydrogen-bond donors (Lipinski definition) is 0. The first-order chi connectivity index (χ1) is 7.28. The number of rotatable bonds is 1. The fourth-order valence-corrected chi connectivity index (χ4v) is 7.79. The number of hydrogen-bond acceptors (Lipinski definition) is 0. The molecular weight excluding hydrogens is 235 g/mol. The average molecular weight is 255 g/mol. The molecule has 1 aromatic rings. The molecule has 2 heteroatoms. The second kappa shape index (κ2) is 3.72. The van der Waals surface area contributed by atoms with Crippen LogP contribution in [0.15, 0.2) is 24.3 Å². The highest BCUT2D eigenvalue weighted by Crippen LogP contribution is 2.75. The van der Waals surface area contributed by atoms with Crippen LogP contribution in [0.3, 0.4) is 0 Å². The third-order valence-corrected chi connectivity index (χ3v) is 8.50. The Hall–Kier alpha value is -0.0600. The molecule has 0 bridgehead atoms. The van der Waals surface area contributed by atoms with Crippen LogP contribution < -0.4 is 5.30 Å². The van der Waals surface area contributed by atoms with Crippen LogP contribution in [0.4, 0.5) is 0 Å². The van der Waals surface area contributed by atoms with Gasteiger partial charge in [0.2, 0.25) is 0 Å². The van der Waals surface area contributed by atoms with Gasteiger partial charge in [-0.3, -0.25) is 0 Å². The van der Waals surface area contributed by atoms with Crippen molar-refractivity contribution < 1.29 is 0 Å². The van der Waals surface area contributed by atoms with E-state index in [1.165, 1.54) is 5.30 Å². The third-order valence-electron chi connectivity index (χ3n) is 4.36. The highest BCUT2D eigenvalue weighted by Gasteiger charge is 2.59. The standard InChI is InChI=1S/C14H20ClP/c1-10-13(2,3)16(14(10,4)5)12-8-6-11(15)7-9-12/h6-10H,1-5H3. The van der Waals surface area contributed by atoms with Crippen molar-refractivity contribution in [2.75, 3.05) is 0 Å². The smallest absolute Gasteiger partial charge is 0.0406 e. The minimum atomic E-state index is -0.0898. The molecule has 0 saturated carbocycles. The van der Waals surface area contributed by atoms with Crippen LogP contribution in [0.5, 0.6) is 0 Å². The van der Waals surface area contributed by atoms with Gasteiger partial charge in [0.15, 0.2) is 0 Å². The number of halogens is 1. The maximum Gasteiger partial charge on any atom is 0.0406 e. The normalized spacial score (nSPS) is 30.9. The average Bonchev–Trinajstić information content (AvgIpc) is 2.20. The quantitative estimate of drug-likeness (QED) is 0.640. The van der Waals surface area contributed by atoms with Gasteiger partial charge in [-0.25, -0.2) is 0 Å². The summed E-state index contributed by atoms with van der Waals surface area (Å²) in [6.45, 7) is 12.0. The molecule has 1 aromatic carbocycles. The predicted octanol–water partition coefficient (Wildman–Crippen LogP) is 4.65. The molecule has 1 saturated heterocycles. The largest absolute Gasteiger partial charge is 0.0843 e. The molecule has 0 atom stereocenters. The zero-order valence-corrected chi connectivity index (χ0v) is 12.4. The summed E-state index contributed by atoms with van der Waals surface area (Å²) in [5, 5.41) is 3.23. The van der Waals surface area contributed by atoms with Gasteiger partial charge in [-0.2, -0.15) is 0 Å². The summed E-state index contributed by atoms with van der Waals surface area (Å²) in [6, 6.07) is 8.47. The van der Waals surface area contributed by atoms with E-state index < -0.39 is 0 Å². The Balaban J connectivity index is 2.37. The predicted molar refractivity (Wildman–Crippen MR) is 75.3 cm³/mol. The molecule has 0 radical (unpaired) electrons. The fraction of sp³-hybridized carbons (Fsp3) is 0.571. The lowest BCUT2D eigenvalue weighted by Crippen LogP contribution is -2.57. The first kappa shape index (κ1) is 12.4. The molecule has 0 amide bonds. The molecule has 2 rings (SSSR count). The van der Waals surface area contributed by atoms with Crippen LogP contribution in [-0.2, 0) is 0 Å². The molecule has 1 aliphatic heterocycles. The zero-order valence-electron chi connectivity index (χ0n) is 10.7. The maximum absolute atomic E-state index is 5.96. The van der Waals surface area contributed by atoms with Crippen LogP contribution in [0.2, 0.25) is 5.02 Å². The highest BCUT2D eigenvalue weighted by atomic mass is 35.5. The molecular formula is C14H20ClP. The van der Waals surface area contributed by atoms with Gasteiger partial charge >= 0.3 is 0 Å². The molecule has 0 aromatic heterocycles. The molecule has 0 unspecified atom stereocenters. The second-order valence-corrected chi connectivity index (χ2v) is 9.77. The molecule has 0 aliphatic carbocycles. The number of benzene rings is 1. The van der Waals surface area contributed by atoms with Crippen molar-refractivity contribution in [3.8, 4) is 0 Å². The molecule has 0 spiro atoms. The summed E-state index contributed by atoms with van der Waals surface area (Å²) >= 11 is 5.96. The first-order valence-electron chi connectivity index (χ1n) is 5.84. The van der Waals surface area contributed by atoms with E-state index in [-0.39, 0.29) is 7.92 Å². The van der Waals surface area contributed by atoms with Gasteiger partial charge in [-0.1, -0.05) is 66.3 Å². The van der Waals surface area contributed by atoms with Gasteiger partial charge in [-0.15, -0.1) is 0 Å². The van der Waals surface area contributed by atoms with Crippen molar-refractivity contribution in [1.82, 2.24) is 0 Å². The van der Waals surface area contributed by atoms with Gasteiger partial charge in [0.25, 0.3) is 0 Å². The highest BCUT2D eigenvalue weighted by molar-refractivity contribution is 7.70. The lowest BCUT2D eigenvalue weighted by atomic mass is 9.83. The minimum Gasteiger partial charge on any atom is -0.0843 e. The lowest BCUT2D eigenvalue weighted by Gasteiger charge is -2.64. The van der Waals surface area contributed by atoms with Crippen molar-refractivity contribution in [2.45, 2.75) is 44.9 Å². The monoisotopic (exact) mass is 254 g/mol. The van der Waals surface area contributed by atoms with E-state index in [1.807, 2.05) is 12.1 Å². The first-order valence-corrected chi connectivity index (χ1v) is 7.56. The molecule has 1 heterocycles. The van der Waals surface area contributed by atoms with Crippen molar-refractivity contribution in [1.29, 1.82) is 0 Å². The van der Waals surface area contributed by atoms with Crippen molar-refractivity contribution >= 4 is 24.8 Å². The Bertz CT molecular complexity index is 376. The van der Waals surface area contributed by atoms with Crippen molar-refractivity contribution in [3.05, 3.63) is 29.3 Å². The van der Waals surface area contributed by atoms with E-state index in [0.29, 0.717) is 10.3 Å². The summed E-state index contributed by atoms with van der Waals surface area (Å²) in [4.78, 5) is 0. The third kappa shape index (κ3) is 1.62. The van der Waals surface area contributed by atoms with Gasteiger partial charge in [0.1, 0.15) is 0 Å². The summed E-state index contributed by atoms with van der Waals surface area (Å²) in [5.41, 5.74) is 0. The van der Waals surface area contributed by atoms with Gasteiger partial charge < -0.3 is 0 Å². The Labute approximate surface area is 105 Å². The Morgan fingerprint density at radius 2 is 1.44 bits per heavy atom. The molecule has 88 valence electrons. The molecule has 1 aliphatic rings. The van der Waals surface area contributed by atoms with Gasteiger partial charge in [0.05, 0.1) is 0 Å². The van der Waals surface area contributed by atoms with Crippen LogP contribution >= 0.6 is 19.5 Å². The van der Waals surface area contributed by atoms with E-state index in [4.69, 9.17) is 11.6 Å². The summed E-state index contributed by atoms with van der Waals surface area (Å²) < 4.78 is 0. The summed E-state index contributed by atoms with van der Waals surface area (Å²) in [7, 11) is -0.0898. The fourth-order valence-electron chi connectivity index (χ4n) is 3.18.